The van der Waals surface area contributed by atoms with E-state index in [2.05, 4.69) is 16.4 Å². The molecule has 0 fully saturated rings. The van der Waals surface area contributed by atoms with Crippen LogP contribution in [0.2, 0.25) is 0 Å². The average molecular weight is 242 g/mol. The third kappa shape index (κ3) is 2.87. The van der Waals surface area contributed by atoms with Gasteiger partial charge in [0.25, 0.3) is 0 Å². The van der Waals surface area contributed by atoms with E-state index in [0.29, 0.717) is 0 Å². The Morgan fingerprint density at radius 2 is 1.89 bits per heavy atom. The van der Waals surface area contributed by atoms with E-state index < -0.39 is 0 Å². The second-order valence-corrected chi connectivity index (χ2v) is 4.14. The number of methoxy groups -OCH3 is 1. The van der Waals surface area contributed by atoms with E-state index in [0.717, 1.165) is 12.2 Å². The van der Waals surface area contributed by atoms with Gasteiger partial charge in [-0.2, -0.15) is 0 Å². The van der Waals surface area contributed by atoms with Crippen molar-refractivity contribution in [2.75, 3.05) is 14.2 Å². The van der Waals surface area contributed by atoms with Gasteiger partial charge >= 0.3 is 0 Å². The Hall–Kier alpha value is -1.87. The van der Waals surface area contributed by atoms with Gasteiger partial charge in [-0.3, -0.25) is 4.98 Å². The summed E-state index contributed by atoms with van der Waals surface area (Å²) < 4.78 is 5.39. The summed E-state index contributed by atoms with van der Waals surface area (Å²) in [6, 6.07) is 12.5. The maximum absolute atomic E-state index is 5.39. The van der Waals surface area contributed by atoms with Gasteiger partial charge in [-0.05, 0) is 42.8 Å². The van der Waals surface area contributed by atoms with Crippen LogP contribution in [0.4, 0.5) is 0 Å². The Morgan fingerprint density at radius 3 is 2.56 bits per heavy atom. The van der Waals surface area contributed by atoms with E-state index in [1.54, 1.807) is 7.11 Å². The summed E-state index contributed by atoms with van der Waals surface area (Å²) in [5.74, 6) is 0.937. The van der Waals surface area contributed by atoms with Crippen LogP contribution in [0.25, 0.3) is 0 Å². The monoisotopic (exact) mass is 242 g/mol. The smallest absolute Gasteiger partial charge is 0.122 e. The zero-order chi connectivity index (χ0) is 12.8. The van der Waals surface area contributed by atoms with Crippen LogP contribution in [-0.4, -0.2) is 19.1 Å². The zero-order valence-electron chi connectivity index (χ0n) is 10.8. The van der Waals surface area contributed by atoms with Gasteiger partial charge in [0.1, 0.15) is 5.75 Å². The Labute approximate surface area is 108 Å². The topological polar surface area (TPSA) is 34.1 Å². The molecule has 3 nitrogen and oxygen atoms in total. The third-order valence-electron chi connectivity index (χ3n) is 3.07. The Bertz CT molecular complexity index is 485. The molecule has 1 aromatic carbocycles. The predicted octanol–water partition coefficient (Wildman–Crippen LogP) is 2.59. The van der Waals surface area contributed by atoms with Crippen molar-refractivity contribution in [3.05, 3.63) is 59.9 Å². The molecule has 94 valence electrons. The Morgan fingerprint density at radius 1 is 1.17 bits per heavy atom. The highest BCUT2D eigenvalue weighted by Gasteiger charge is 2.12. The van der Waals surface area contributed by atoms with E-state index >= 15 is 0 Å². The van der Waals surface area contributed by atoms with Gasteiger partial charge in [0.05, 0.1) is 7.11 Å². The predicted molar refractivity (Wildman–Crippen MR) is 72.7 cm³/mol. The molecule has 1 N–H and O–H groups in total. The van der Waals surface area contributed by atoms with Gasteiger partial charge < -0.3 is 10.1 Å². The largest absolute Gasteiger partial charge is 0.496 e. The lowest BCUT2D eigenvalue weighted by molar-refractivity contribution is 0.406. The second-order valence-electron chi connectivity index (χ2n) is 4.14. The summed E-state index contributed by atoms with van der Waals surface area (Å²) in [6.07, 6.45) is 4.54. The number of pyridine rings is 1. The lowest BCUT2D eigenvalue weighted by atomic mass is 9.99. The molecule has 2 rings (SSSR count). The molecule has 0 spiro atoms. The molecule has 0 bridgehead atoms. The normalized spacial score (nSPS) is 12.1. The maximum Gasteiger partial charge on any atom is 0.122 e. The quantitative estimate of drug-likeness (QED) is 0.875. The van der Waals surface area contributed by atoms with Crippen molar-refractivity contribution in [3.8, 4) is 5.75 Å². The number of ether oxygens (including phenoxy) is 1. The minimum atomic E-state index is 0.268. The molecule has 0 saturated heterocycles. The lowest BCUT2D eigenvalue weighted by Gasteiger charge is -2.18. The SMILES string of the molecule is CNC(Cc1ccccc1OC)c1ccncc1. The third-order valence-corrected chi connectivity index (χ3v) is 3.07. The molecule has 0 aliphatic heterocycles. The fraction of sp³-hybridized carbons (Fsp3) is 0.267. The van der Waals surface area contributed by atoms with E-state index in [4.69, 9.17) is 4.74 Å². The van der Waals surface area contributed by atoms with Crippen molar-refractivity contribution in [3.63, 3.8) is 0 Å². The summed E-state index contributed by atoms with van der Waals surface area (Å²) in [4.78, 5) is 4.05. The second kappa shape index (κ2) is 6.17. The molecule has 1 atom stereocenters. The molecule has 3 heteroatoms. The molecule has 1 heterocycles. The molecule has 0 amide bonds. The van der Waals surface area contributed by atoms with Gasteiger partial charge in [-0.15, -0.1) is 0 Å². The number of benzene rings is 1. The average Bonchev–Trinajstić information content (AvgIpc) is 2.46. The first-order valence-electron chi connectivity index (χ1n) is 6.04. The van der Waals surface area contributed by atoms with Gasteiger partial charge in [0.2, 0.25) is 0 Å². The molecular formula is C15H18N2O. The molecular weight excluding hydrogens is 224 g/mol. The zero-order valence-corrected chi connectivity index (χ0v) is 10.8. The minimum absolute atomic E-state index is 0.268. The maximum atomic E-state index is 5.39. The summed E-state index contributed by atoms with van der Waals surface area (Å²) in [6.45, 7) is 0. The number of nitrogens with one attached hydrogen (secondary N) is 1. The number of hydrogen-bond donors (Lipinski definition) is 1. The molecule has 0 saturated carbocycles. The molecule has 0 aliphatic rings. The highest BCUT2D eigenvalue weighted by molar-refractivity contribution is 5.35. The molecule has 18 heavy (non-hydrogen) atoms. The van der Waals surface area contributed by atoms with Crippen LogP contribution >= 0.6 is 0 Å². The van der Waals surface area contributed by atoms with Gasteiger partial charge in [-0.1, -0.05) is 18.2 Å². The number of aromatic nitrogens is 1. The lowest BCUT2D eigenvalue weighted by Crippen LogP contribution is -2.19. The van der Waals surface area contributed by atoms with E-state index in [1.165, 1.54) is 11.1 Å². The number of likely N-dealkylation sites (N-methyl/N-ethyl adjacent to an activating group) is 1. The van der Waals surface area contributed by atoms with E-state index in [1.807, 2.05) is 49.8 Å². The Balaban J connectivity index is 2.21. The molecule has 0 aliphatic carbocycles. The van der Waals surface area contributed by atoms with Crippen molar-refractivity contribution in [2.45, 2.75) is 12.5 Å². The van der Waals surface area contributed by atoms with Crippen LogP contribution in [0.1, 0.15) is 17.2 Å². The standard InChI is InChI=1S/C15H18N2O/c1-16-14(12-7-9-17-10-8-12)11-13-5-3-4-6-15(13)18-2/h3-10,14,16H,11H2,1-2H3. The van der Waals surface area contributed by atoms with Gasteiger partial charge in [0.15, 0.2) is 0 Å². The summed E-state index contributed by atoms with van der Waals surface area (Å²) >= 11 is 0. The van der Waals surface area contributed by atoms with Crippen LogP contribution in [0, 0.1) is 0 Å². The van der Waals surface area contributed by atoms with Crippen molar-refractivity contribution in [1.82, 2.24) is 10.3 Å². The summed E-state index contributed by atoms with van der Waals surface area (Å²) in [5.41, 5.74) is 2.44. The fourth-order valence-corrected chi connectivity index (χ4v) is 2.07. The van der Waals surface area contributed by atoms with Crippen molar-refractivity contribution < 1.29 is 4.74 Å². The van der Waals surface area contributed by atoms with Crippen LogP contribution in [-0.2, 0) is 6.42 Å². The van der Waals surface area contributed by atoms with E-state index in [-0.39, 0.29) is 6.04 Å². The number of rotatable bonds is 5. The van der Waals surface area contributed by atoms with Crippen molar-refractivity contribution in [1.29, 1.82) is 0 Å². The summed E-state index contributed by atoms with van der Waals surface area (Å²) in [7, 11) is 3.68. The Kier molecular flexibility index (Phi) is 4.31. The van der Waals surface area contributed by atoms with Crippen molar-refractivity contribution >= 4 is 0 Å². The van der Waals surface area contributed by atoms with E-state index in [9.17, 15) is 0 Å². The van der Waals surface area contributed by atoms with Crippen LogP contribution in [0.3, 0.4) is 0 Å². The molecule has 1 aromatic heterocycles. The summed E-state index contributed by atoms with van der Waals surface area (Å²) in [5, 5.41) is 3.33. The fourth-order valence-electron chi connectivity index (χ4n) is 2.07. The first-order valence-corrected chi connectivity index (χ1v) is 6.04. The van der Waals surface area contributed by atoms with Gasteiger partial charge in [0, 0.05) is 18.4 Å². The molecule has 2 aromatic rings. The van der Waals surface area contributed by atoms with Crippen molar-refractivity contribution in [2.24, 2.45) is 0 Å². The first kappa shape index (κ1) is 12.6. The van der Waals surface area contributed by atoms with Crippen LogP contribution < -0.4 is 10.1 Å². The molecule has 0 radical (unpaired) electrons. The molecule has 1 unspecified atom stereocenters. The number of nitrogens with zero attached hydrogens (tertiary/aromatic N) is 1. The number of hydrogen-bond acceptors (Lipinski definition) is 3. The number of para-hydroxylation sites is 1. The first-order chi connectivity index (χ1) is 8.85. The highest BCUT2D eigenvalue weighted by Crippen LogP contribution is 2.24. The minimum Gasteiger partial charge on any atom is -0.496 e. The highest BCUT2D eigenvalue weighted by atomic mass is 16.5. The van der Waals surface area contributed by atoms with Crippen LogP contribution in [0.15, 0.2) is 48.8 Å². The van der Waals surface area contributed by atoms with Crippen LogP contribution in [0.5, 0.6) is 5.75 Å². The van der Waals surface area contributed by atoms with Gasteiger partial charge in [-0.25, -0.2) is 0 Å².